The number of rotatable bonds is 8. The Morgan fingerprint density at radius 2 is 1.86 bits per heavy atom. The second kappa shape index (κ2) is 10.2. The molecule has 0 aliphatic rings. The van der Waals surface area contributed by atoms with Crippen LogP contribution in [0.15, 0.2) is 41.3 Å². The van der Waals surface area contributed by atoms with Crippen molar-refractivity contribution in [2.75, 3.05) is 11.9 Å². The Kier molecular flexibility index (Phi) is 7.92. The fourth-order valence-corrected chi connectivity index (χ4v) is 3.60. The van der Waals surface area contributed by atoms with Crippen molar-refractivity contribution in [3.63, 3.8) is 0 Å². The highest BCUT2D eigenvalue weighted by atomic mass is 32.2. The van der Waals surface area contributed by atoms with Gasteiger partial charge in [-0.3, -0.25) is 9.59 Å². The van der Waals surface area contributed by atoms with Crippen LogP contribution < -0.4 is 5.32 Å². The van der Waals surface area contributed by atoms with Gasteiger partial charge in [-0.15, -0.1) is 11.8 Å². The molecule has 1 atom stereocenters. The molecule has 1 unspecified atom stereocenters. The number of hydrogen-bond acceptors (Lipinski definition) is 4. The molecule has 0 heterocycles. The molecule has 0 aliphatic heterocycles. The van der Waals surface area contributed by atoms with Crippen molar-refractivity contribution < 1.29 is 27.5 Å². The van der Waals surface area contributed by atoms with Gasteiger partial charge in [0.2, 0.25) is 0 Å². The van der Waals surface area contributed by atoms with Crippen molar-refractivity contribution in [3.05, 3.63) is 59.4 Å². The summed E-state index contributed by atoms with van der Waals surface area (Å²) in [7, 11) is 0. The summed E-state index contributed by atoms with van der Waals surface area (Å²) in [6.45, 7) is 3.74. The Balaban J connectivity index is 2.25. The molecule has 0 radical (unpaired) electrons. The number of ether oxygens (including phenoxy) is 1. The minimum atomic E-state index is -0.977. The molecule has 0 fully saturated rings. The molecule has 4 nitrogen and oxygen atoms in total. The van der Waals surface area contributed by atoms with Crippen molar-refractivity contribution in [3.8, 4) is 0 Å². The third-order valence-corrected chi connectivity index (χ3v) is 5.01. The SMILES string of the molecule is CCCC(Sc1cc(NC(=O)c2cccc(F)c2)c(F)cc1F)C(=O)OCC. The number of carbonyl (C=O) groups excluding carboxylic acids is 2. The van der Waals surface area contributed by atoms with Crippen LogP contribution in [0.25, 0.3) is 0 Å². The van der Waals surface area contributed by atoms with E-state index in [1.54, 1.807) is 6.92 Å². The van der Waals surface area contributed by atoms with Gasteiger partial charge in [0, 0.05) is 16.5 Å². The van der Waals surface area contributed by atoms with E-state index in [1.807, 2.05) is 6.92 Å². The molecule has 2 aromatic rings. The topological polar surface area (TPSA) is 55.4 Å². The van der Waals surface area contributed by atoms with Gasteiger partial charge in [0.05, 0.1) is 12.3 Å². The van der Waals surface area contributed by atoms with Crippen LogP contribution in [-0.2, 0) is 9.53 Å². The van der Waals surface area contributed by atoms with Crippen LogP contribution in [0, 0.1) is 17.5 Å². The minimum absolute atomic E-state index is 0.00226. The van der Waals surface area contributed by atoms with Crippen molar-refractivity contribution in [2.24, 2.45) is 0 Å². The zero-order valence-corrected chi connectivity index (χ0v) is 16.2. The first kappa shape index (κ1) is 21.8. The lowest BCUT2D eigenvalue weighted by Crippen LogP contribution is -2.20. The molecule has 0 aliphatic carbocycles. The van der Waals surface area contributed by atoms with Gasteiger partial charge in [-0.05, 0) is 37.6 Å². The summed E-state index contributed by atoms with van der Waals surface area (Å²) in [6.07, 6.45) is 1.12. The van der Waals surface area contributed by atoms with Crippen molar-refractivity contribution >= 4 is 29.3 Å². The van der Waals surface area contributed by atoms with Crippen LogP contribution in [0.3, 0.4) is 0 Å². The van der Waals surface area contributed by atoms with E-state index in [1.165, 1.54) is 18.2 Å². The van der Waals surface area contributed by atoms with Gasteiger partial charge < -0.3 is 10.1 Å². The Labute approximate surface area is 165 Å². The molecule has 8 heteroatoms. The first-order valence-electron chi connectivity index (χ1n) is 8.75. The second-order valence-electron chi connectivity index (χ2n) is 5.87. The molecule has 0 saturated heterocycles. The molecule has 0 aromatic heterocycles. The highest BCUT2D eigenvalue weighted by molar-refractivity contribution is 8.00. The highest BCUT2D eigenvalue weighted by Gasteiger charge is 2.23. The normalized spacial score (nSPS) is 11.8. The van der Waals surface area contributed by atoms with E-state index in [-0.39, 0.29) is 22.8 Å². The van der Waals surface area contributed by atoms with Crippen LogP contribution in [0.5, 0.6) is 0 Å². The molecule has 0 spiro atoms. The number of benzene rings is 2. The number of thioether (sulfide) groups is 1. The lowest BCUT2D eigenvalue weighted by molar-refractivity contribution is -0.142. The zero-order chi connectivity index (χ0) is 20.7. The predicted octanol–water partition coefficient (Wildman–Crippen LogP) is 5.18. The number of hydrogen-bond donors (Lipinski definition) is 1. The van der Waals surface area contributed by atoms with E-state index in [0.717, 1.165) is 23.9 Å². The van der Waals surface area contributed by atoms with Gasteiger partial charge >= 0.3 is 5.97 Å². The average Bonchev–Trinajstić information content (AvgIpc) is 2.65. The van der Waals surface area contributed by atoms with E-state index >= 15 is 0 Å². The van der Waals surface area contributed by atoms with Crippen LogP contribution in [0.4, 0.5) is 18.9 Å². The van der Waals surface area contributed by atoms with Gasteiger partial charge in [-0.2, -0.15) is 0 Å². The summed E-state index contributed by atoms with van der Waals surface area (Å²) in [5, 5.41) is 1.65. The van der Waals surface area contributed by atoms with E-state index < -0.39 is 34.6 Å². The second-order valence-corrected chi connectivity index (χ2v) is 7.12. The monoisotopic (exact) mass is 411 g/mol. The molecule has 2 rings (SSSR count). The summed E-state index contributed by atoms with van der Waals surface area (Å²) in [4.78, 5) is 24.3. The van der Waals surface area contributed by atoms with Gasteiger partial charge in [-0.25, -0.2) is 13.2 Å². The predicted molar refractivity (Wildman–Crippen MR) is 102 cm³/mol. The van der Waals surface area contributed by atoms with Crippen LogP contribution in [-0.4, -0.2) is 23.7 Å². The molecule has 1 amide bonds. The number of carbonyl (C=O) groups is 2. The maximum atomic E-state index is 14.2. The molecular formula is C20H20F3NO3S. The summed E-state index contributed by atoms with van der Waals surface area (Å²) in [5.41, 5.74) is -0.273. The Morgan fingerprint density at radius 1 is 1.11 bits per heavy atom. The smallest absolute Gasteiger partial charge is 0.319 e. The first-order chi connectivity index (χ1) is 13.3. The maximum Gasteiger partial charge on any atom is 0.319 e. The average molecular weight is 411 g/mol. The molecule has 150 valence electrons. The van der Waals surface area contributed by atoms with E-state index in [0.29, 0.717) is 18.9 Å². The van der Waals surface area contributed by atoms with Crippen molar-refractivity contribution in [2.45, 2.75) is 36.8 Å². The number of esters is 1. The molecule has 2 aromatic carbocycles. The fourth-order valence-electron chi connectivity index (χ4n) is 2.41. The molecule has 28 heavy (non-hydrogen) atoms. The number of amides is 1. The highest BCUT2D eigenvalue weighted by Crippen LogP contribution is 2.33. The standard InChI is InChI=1S/C20H20F3NO3S/c1-3-6-17(20(26)27-4-2)28-18-11-16(14(22)10-15(18)23)24-19(25)12-7-5-8-13(21)9-12/h5,7-11,17H,3-4,6H2,1-2H3,(H,24,25). The minimum Gasteiger partial charge on any atom is -0.465 e. The fraction of sp³-hybridized carbons (Fsp3) is 0.300. The van der Waals surface area contributed by atoms with Gasteiger partial charge in [-0.1, -0.05) is 19.4 Å². The van der Waals surface area contributed by atoms with Crippen LogP contribution >= 0.6 is 11.8 Å². The lowest BCUT2D eigenvalue weighted by Gasteiger charge is -2.16. The number of anilines is 1. The largest absolute Gasteiger partial charge is 0.465 e. The summed E-state index contributed by atoms with van der Waals surface area (Å²) >= 11 is 0.909. The number of nitrogens with one attached hydrogen (secondary N) is 1. The van der Waals surface area contributed by atoms with Gasteiger partial charge in [0.15, 0.2) is 0 Å². The molecule has 0 bridgehead atoms. The van der Waals surface area contributed by atoms with Gasteiger partial charge in [0.25, 0.3) is 5.91 Å². The summed E-state index contributed by atoms with van der Waals surface area (Å²) in [5.74, 6) is -3.66. The van der Waals surface area contributed by atoms with Crippen molar-refractivity contribution in [1.82, 2.24) is 0 Å². The van der Waals surface area contributed by atoms with E-state index in [4.69, 9.17) is 4.74 Å². The van der Waals surface area contributed by atoms with Crippen LogP contribution in [0.1, 0.15) is 37.0 Å². The Morgan fingerprint density at radius 3 is 2.50 bits per heavy atom. The zero-order valence-electron chi connectivity index (χ0n) is 15.4. The summed E-state index contributed by atoms with van der Waals surface area (Å²) < 4.78 is 46.6. The quantitative estimate of drug-likeness (QED) is 0.480. The van der Waals surface area contributed by atoms with Crippen LogP contribution in [0.2, 0.25) is 0 Å². The number of halogens is 3. The molecular weight excluding hydrogens is 391 g/mol. The summed E-state index contributed by atoms with van der Waals surface area (Å²) in [6, 6.07) is 6.65. The Hall–Kier alpha value is -2.48. The first-order valence-corrected chi connectivity index (χ1v) is 9.62. The molecule has 0 saturated carbocycles. The van der Waals surface area contributed by atoms with E-state index in [2.05, 4.69) is 5.32 Å². The third kappa shape index (κ3) is 5.76. The molecule has 1 N–H and O–H groups in total. The van der Waals surface area contributed by atoms with Gasteiger partial charge in [0.1, 0.15) is 22.7 Å². The third-order valence-electron chi connectivity index (χ3n) is 3.73. The Bertz CT molecular complexity index is 861. The maximum absolute atomic E-state index is 14.2. The van der Waals surface area contributed by atoms with E-state index in [9.17, 15) is 22.8 Å². The van der Waals surface area contributed by atoms with Crippen molar-refractivity contribution in [1.29, 1.82) is 0 Å². The lowest BCUT2D eigenvalue weighted by atomic mass is 10.2.